The van der Waals surface area contributed by atoms with Gasteiger partial charge in [-0.2, -0.15) is 0 Å². The molecule has 0 unspecified atom stereocenters. The number of fused-ring (bicyclic) bond motifs is 1. The number of amides is 2. The summed E-state index contributed by atoms with van der Waals surface area (Å²) in [4.78, 5) is 27.4. The van der Waals surface area contributed by atoms with Gasteiger partial charge < -0.3 is 25.4 Å². The van der Waals surface area contributed by atoms with Gasteiger partial charge in [-0.25, -0.2) is 4.39 Å². The van der Waals surface area contributed by atoms with Gasteiger partial charge in [0.05, 0.1) is 31.0 Å². The molecule has 0 aromatic heterocycles. The van der Waals surface area contributed by atoms with Crippen LogP contribution in [0.3, 0.4) is 0 Å². The summed E-state index contributed by atoms with van der Waals surface area (Å²) < 4.78 is 18.4. The van der Waals surface area contributed by atoms with Gasteiger partial charge >= 0.3 is 0 Å². The molecule has 0 saturated carbocycles. The molecule has 3 N–H and O–H groups in total. The Hall–Kier alpha value is -3.91. The Balaban J connectivity index is 1.55. The number of halogens is 1. The molecule has 0 fully saturated rings. The molecule has 0 aliphatic carbocycles. The molecule has 1 aliphatic heterocycles. The standard InChI is InChI=1S/C25H24FN3O4/c1-33-19-12-10-18(11-13-19)27-24(31)14-22-25(32)28-20-4-2-3-5-21(20)29(22)15-23(30)16-6-8-17(26)9-7-16/h2-13,22-23,30H,14-15H2,1H3,(H,27,31)(H,28,32)/t22-,23-/m1/s1. The number of para-hydroxylation sites is 2. The highest BCUT2D eigenvalue weighted by Crippen LogP contribution is 2.34. The van der Waals surface area contributed by atoms with Crippen molar-refractivity contribution in [1.29, 1.82) is 0 Å². The average molecular weight is 449 g/mol. The van der Waals surface area contributed by atoms with Crippen molar-refractivity contribution < 1.29 is 23.8 Å². The van der Waals surface area contributed by atoms with Crippen LogP contribution in [0.5, 0.6) is 5.75 Å². The Morgan fingerprint density at radius 1 is 1.12 bits per heavy atom. The van der Waals surface area contributed by atoms with Crippen molar-refractivity contribution in [2.45, 2.75) is 18.6 Å². The van der Waals surface area contributed by atoms with E-state index in [4.69, 9.17) is 4.74 Å². The third-order valence-electron chi connectivity index (χ3n) is 5.53. The highest BCUT2D eigenvalue weighted by molar-refractivity contribution is 6.06. The molecule has 0 bridgehead atoms. The Kier molecular flexibility index (Phi) is 6.55. The maximum absolute atomic E-state index is 13.3. The Morgan fingerprint density at radius 3 is 2.52 bits per heavy atom. The first-order valence-corrected chi connectivity index (χ1v) is 10.5. The van der Waals surface area contributed by atoms with Crippen LogP contribution >= 0.6 is 0 Å². The molecule has 2 amide bonds. The van der Waals surface area contributed by atoms with Crippen LogP contribution in [0.2, 0.25) is 0 Å². The number of rotatable bonds is 7. The average Bonchev–Trinajstić information content (AvgIpc) is 2.82. The summed E-state index contributed by atoms with van der Waals surface area (Å²) in [5.74, 6) is -0.426. The van der Waals surface area contributed by atoms with E-state index in [0.29, 0.717) is 28.4 Å². The third kappa shape index (κ3) is 5.12. The second kappa shape index (κ2) is 9.70. The van der Waals surface area contributed by atoms with Crippen molar-refractivity contribution in [1.82, 2.24) is 0 Å². The number of carbonyl (C=O) groups is 2. The van der Waals surface area contributed by atoms with Crippen LogP contribution in [0, 0.1) is 5.82 Å². The van der Waals surface area contributed by atoms with E-state index in [2.05, 4.69) is 10.6 Å². The van der Waals surface area contributed by atoms with Crippen molar-refractivity contribution in [3.63, 3.8) is 0 Å². The van der Waals surface area contributed by atoms with Gasteiger partial charge in [-0.05, 0) is 54.1 Å². The number of aliphatic hydroxyl groups excluding tert-OH is 1. The number of methoxy groups -OCH3 is 1. The highest BCUT2D eigenvalue weighted by atomic mass is 19.1. The first-order valence-electron chi connectivity index (χ1n) is 10.5. The van der Waals surface area contributed by atoms with Gasteiger partial charge in [0.2, 0.25) is 11.8 Å². The zero-order valence-corrected chi connectivity index (χ0v) is 18.0. The number of anilines is 3. The van der Waals surface area contributed by atoms with E-state index in [9.17, 15) is 19.1 Å². The second-order valence-electron chi connectivity index (χ2n) is 7.72. The van der Waals surface area contributed by atoms with Crippen LogP contribution in [-0.4, -0.2) is 36.6 Å². The van der Waals surface area contributed by atoms with E-state index in [0.717, 1.165) is 0 Å². The summed E-state index contributed by atoms with van der Waals surface area (Å²) in [5.41, 5.74) is 2.39. The number of hydrogen-bond acceptors (Lipinski definition) is 5. The molecule has 2 atom stereocenters. The molecule has 3 aromatic carbocycles. The Labute approximate surface area is 190 Å². The third-order valence-corrected chi connectivity index (χ3v) is 5.53. The predicted octanol–water partition coefficient (Wildman–Crippen LogP) is 3.72. The van der Waals surface area contributed by atoms with Crippen LogP contribution < -0.4 is 20.3 Å². The molecule has 33 heavy (non-hydrogen) atoms. The lowest BCUT2D eigenvalue weighted by Gasteiger charge is -2.39. The van der Waals surface area contributed by atoms with Crippen molar-refractivity contribution >= 4 is 28.9 Å². The van der Waals surface area contributed by atoms with Crippen LogP contribution in [0.25, 0.3) is 0 Å². The maximum Gasteiger partial charge on any atom is 0.247 e. The highest BCUT2D eigenvalue weighted by Gasteiger charge is 2.35. The van der Waals surface area contributed by atoms with Gasteiger partial charge in [-0.3, -0.25) is 9.59 Å². The van der Waals surface area contributed by atoms with Gasteiger partial charge in [0.25, 0.3) is 0 Å². The molecule has 0 saturated heterocycles. The Bertz CT molecular complexity index is 1140. The summed E-state index contributed by atoms with van der Waals surface area (Å²) >= 11 is 0. The van der Waals surface area contributed by atoms with Gasteiger partial charge in [-0.1, -0.05) is 24.3 Å². The fraction of sp³-hybridized carbons (Fsp3) is 0.200. The number of benzene rings is 3. The fourth-order valence-electron chi connectivity index (χ4n) is 3.82. The van der Waals surface area contributed by atoms with Crippen molar-refractivity contribution in [3.8, 4) is 5.75 Å². The number of hydrogen-bond donors (Lipinski definition) is 3. The van der Waals surface area contributed by atoms with Gasteiger partial charge in [0.1, 0.15) is 17.6 Å². The van der Waals surface area contributed by atoms with Crippen molar-refractivity contribution in [2.24, 2.45) is 0 Å². The normalized spacial score (nSPS) is 15.9. The van der Waals surface area contributed by atoms with Crippen LogP contribution in [-0.2, 0) is 9.59 Å². The molecule has 1 heterocycles. The number of nitrogens with one attached hydrogen (secondary N) is 2. The largest absolute Gasteiger partial charge is 0.497 e. The molecule has 4 rings (SSSR count). The first-order chi connectivity index (χ1) is 15.9. The van der Waals surface area contributed by atoms with Crippen molar-refractivity contribution in [3.05, 3.63) is 84.2 Å². The minimum absolute atomic E-state index is 0.0521. The van der Waals surface area contributed by atoms with Gasteiger partial charge in [0, 0.05) is 12.2 Å². The summed E-state index contributed by atoms with van der Waals surface area (Å²) in [5, 5.41) is 16.4. The zero-order chi connectivity index (χ0) is 23.4. The second-order valence-corrected chi connectivity index (χ2v) is 7.72. The first kappa shape index (κ1) is 22.3. The lowest BCUT2D eigenvalue weighted by atomic mass is 10.0. The lowest BCUT2D eigenvalue weighted by molar-refractivity contribution is -0.122. The van der Waals surface area contributed by atoms with Gasteiger partial charge in [-0.15, -0.1) is 0 Å². The fourth-order valence-corrected chi connectivity index (χ4v) is 3.82. The quantitative estimate of drug-likeness (QED) is 0.512. The summed E-state index contributed by atoms with van der Waals surface area (Å²) in [6.45, 7) is 0.0521. The zero-order valence-electron chi connectivity index (χ0n) is 18.0. The minimum Gasteiger partial charge on any atom is -0.497 e. The van der Waals surface area contributed by atoms with Gasteiger partial charge in [0.15, 0.2) is 0 Å². The minimum atomic E-state index is -0.989. The van der Waals surface area contributed by atoms with E-state index in [-0.39, 0.29) is 24.8 Å². The van der Waals surface area contributed by atoms with E-state index in [1.165, 1.54) is 24.3 Å². The molecule has 8 heteroatoms. The van der Waals surface area contributed by atoms with E-state index < -0.39 is 18.0 Å². The smallest absolute Gasteiger partial charge is 0.247 e. The molecular weight excluding hydrogens is 425 g/mol. The lowest BCUT2D eigenvalue weighted by Crippen LogP contribution is -2.51. The Morgan fingerprint density at radius 2 is 1.82 bits per heavy atom. The van der Waals surface area contributed by atoms with Crippen LogP contribution in [0.1, 0.15) is 18.1 Å². The molecule has 0 radical (unpaired) electrons. The summed E-state index contributed by atoms with van der Waals surface area (Å²) in [6.07, 6.45) is -1.11. The molecule has 170 valence electrons. The topological polar surface area (TPSA) is 90.9 Å². The number of aliphatic hydroxyl groups is 1. The van der Waals surface area contributed by atoms with E-state index >= 15 is 0 Å². The van der Waals surface area contributed by atoms with E-state index in [1.807, 2.05) is 12.1 Å². The number of ether oxygens (including phenoxy) is 1. The molecule has 7 nitrogen and oxygen atoms in total. The van der Waals surface area contributed by atoms with Crippen LogP contribution in [0.4, 0.5) is 21.5 Å². The SMILES string of the molecule is COc1ccc(NC(=O)C[C@@H]2C(=O)Nc3ccccc3N2C[C@@H](O)c2ccc(F)cc2)cc1. The number of β-amino-alcohol motifs (C(OH)–C–C–N with tert-alkyl or cyclic N) is 1. The number of nitrogens with zero attached hydrogens (tertiary/aromatic N) is 1. The molecule has 1 aliphatic rings. The number of carbonyl (C=O) groups excluding carboxylic acids is 2. The van der Waals surface area contributed by atoms with E-state index in [1.54, 1.807) is 48.4 Å². The predicted molar refractivity (Wildman–Crippen MR) is 124 cm³/mol. The molecule has 0 spiro atoms. The molecule has 3 aromatic rings. The van der Waals surface area contributed by atoms with Crippen molar-refractivity contribution in [2.75, 3.05) is 29.2 Å². The molecular formula is C25H24FN3O4. The summed E-state index contributed by atoms with van der Waals surface area (Å²) in [6, 6.07) is 18.8. The monoisotopic (exact) mass is 449 g/mol. The summed E-state index contributed by atoms with van der Waals surface area (Å²) in [7, 11) is 1.56. The van der Waals surface area contributed by atoms with Crippen LogP contribution in [0.15, 0.2) is 72.8 Å². The maximum atomic E-state index is 13.3.